The van der Waals surface area contributed by atoms with Crippen LogP contribution in [0.25, 0.3) is 20.4 Å². The van der Waals surface area contributed by atoms with Crippen LogP contribution < -0.4 is 10.6 Å². The van der Waals surface area contributed by atoms with Crippen molar-refractivity contribution < 1.29 is 9.59 Å². The third-order valence-electron chi connectivity index (χ3n) is 4.97. The SMILES string of the molecule is Cc1cccc2sc(NC(=O)c3cn(C)nc3C(=O)Nc3nc4c(C)cccc4s3)nc12. The van der Waals surface area contributed by atoms with Gasteiger partial charge in [0.15, 0.2) is 16.0 Å². The number of fused-ring (bicyclic) bond motifs is 2. The van der Waals surface area contributed by atoms with Crippen LogP contribution in [0.4, 0.5) is 10.3 Å². The molecule has 0 saturated heterocycles. The Morgan fingerprint density at radius 1 is 0.844 bits per heavy atom. The molecule has 5 rings (SSSR count). The van der Waals surface area contributed by atoms with Gasteiger partial charge >= 0.3 is 0 Å². The number of rotatable bonds is 4. The number of carbonyl (C=O) groups excluding carboxylic acids is 2. The van der Waals surface area contributed by atoms with Gasteiger partial charge in [0, 0.05) is 13.2 Å². The Labute approximate surface area is 190 Å². The average molecular weight is 463 g/mol. The summed E-state index contributed by atoms with van der Waals surface area (Å²) in [6.45, 7) is 3.94. The lowest BCUT2D eigenvalue weighted by atomic mass is 10.2. The van der Waals surface area contributed by atoms with Gasteiger partial charge in [-0.05, 0) is 37.1 Å². The van der Waals surface area contributed by atoms with Crippen LogP contribution in [0.3, 0.4) is 0 Å². The highest BCUT2D eigenvalue weighted by molar-refractivity contribution is 7.22. The van der Waals surface area contributed by atoms with Gasteiger partial charge in [-0.2, -0.15) is 5.10 Å². The van der Waals surface area contributed by atoms with Gasteiger partial charge in [-0.3, -0.25) is 24.9 Å². The van der Waals surface area contributed by atoms with Crippen molar-refractivity contribution in [2.75, 3.05) is 10.6 Å². The standard InChI is InChI=1S/C22H18N6O2S2/c1-11-6-4-8-14-16(11)23-21(31-14)25-19(29)13-10-28(3)27-18(13)20(30)26-22-24-17-12(2)7-5-9-15(17)32-22/h4-10H,1-3H3,(H,23,25,29)(H,24,26,30). The van der Waals surface area contributed by atoms with Crippen LogP contribution in [-0.4, -0.2) is 31.6 Å². The Hall–Kier alpha value is -3.63. The molecule has 0 unspecified atom stereocenters. The second kappa shape index (κ2) is 7.81. The Morgan fingerprint density at radius 3 is 1.91 bits per heavy atom. The maximum atomic E-state index is 13.0. The molecule has 0 bridgehead atoms. The normalized spacial score (nSPS) is 11.2. The average Bonchev–Trinajstić information content (AvgIpc) is 3.45. The smallest absolute Gasteiger partial charge is 0.278 e. The highest BCUT2D eigenvalue weighted by atomic mass is 32.1. The number of nitrogens with zero attached hydrogens (tertiary/aromatic N) is 4. The lowest BCUT2D eigenvalue weighted by Gasteiger charge is -2.02. The fourth-order valence-corrected chi connectivity index (χ4v) is 5.30. The number of nitrogens with one attached hydrogen (secondary N) is 2. The van der Waals surface area contributed by atoms with Crippen LogP contribution in [0, 0.1) is 13.8 Å². The molecule has 2 N–H and O–H groups in total. The van der Waals surface area contributed by atoms with E-state index in [9.17, 15) is 9.59 Å². The number of amides is 2. The van der Waals surface area contributed by atoms with Gasteiger partial charge < -0.3 is 0 Å². The molecule has 0 radical (unpaired) electrons. The summed E-state index contributed by atoms with van der Waals surface area (Å²) in [4.78, 5) is 34.9. The van der Waals surface area contributed by atoms with E-state index < -0.39 is 11.8 Å². The van der Waals surface area contributed by atoms with Gasteiger partial charge in [0.1, 0.15) is 0 Å². The van der Waals surface area contributed by atoms with E-state index in [1.54, 1.807) is 7.05 Å². The van der Waals surface area contributed by atoms with Gasteiger partial charge in [-0.1, -0.05) is 46.9 Å². The van der Waals surface area contributed by atoms with Crippen LogP contribution in [-0.2, 0) is 7.05 Å². The van der Waals surface area contributed by atoms with Crippen LogP contribution in [0.5, 0.6) is 0 Å². The molecule has 3 heterocycles. The number of thiazole rings is 2. The first-order chi connectivity index (χ1) is 15.4. The minimum Gasteiger partial charge on any atom is -0.298 e. The van der Waals surface area contributed by atoms with Crippen LogP contribution in [0.15, 0.2) is 42.6 Å². The van der Waals surface area contributed by atoms with E-state index in [0.717, 1.165) is 31.6 Å². The molecular weight excluding hydrogens is 444 g/mol. The molecule has 0 aliphatic carbocycles. The van der Waals surface area contributed by atoms with Crippen molar-refractivity contribution >= 4 is 65.2 Å². The minimum absolute atomic E-state index is 0.0262. The summed E-state index contributed by atoms with van der Waals surface area (Å²) in [6, 6.07) is 11.8. The fourth-order valence-electron chi connectivity index (χ4n) is 3.42. The van der Waals surface area contributed by atoms with E-state index in [1.807, 2.05) is 50.2 Å². The molecule has 0 saturated carbocycles. The zero-order valence-electron chi connectivity index (χ0n) is 17.5. The van der Waals surface area contributed by atoms with E-state index in [0.29, 0.717) is 10.3 Å². The summed E-state index contributed by atoms with van der Waals surface area (Å²) in [5, 5.41) is 10.7. The molecular formula is C22H18N6O2S2. The highest BCUT2D eigenvalue weighted by Crippen LogP contribution is 2.29. The quantitative estimate of drug-likeness (QED) is 0.401. The van der Waals surface area contributed by atoms with Crippen molar-refractivity contribution in [2.45, 2.75) is 13.8 Å². The zero-order chi connectivity index (χ0) is 22.4. The lowest BCUT2D eigenvalue weighted by molar-refractivity contribution is 0.0988. The van der Waals surface area contributed by atoms with E-state index in [1.165, 1.54) is 33.6 Å². The third-order valence-corrected chi connectivity index (χ3v) is 6.84. The predicted molar refractivity (Wildman–Crippen MR) is 128 cm³/mol. The Morgan fingerprint density at radius 2 is 1.38 bits per heavy atom. The van der Waals surface area contributed by atoms with Crippen LogP contribution in [0.1, 0.15) is 32.0 Å². The molecule has 3 aromatic heterocycles. The summed E-state index contributed by atoms with van der Waals surface area (Å²) in [5.74, 6) is -0.937. The molecule has 0 atom stereocenters. The fraction of sp³-hybridized carbons (Fsp3) is 0.136. The van der Waals surface area contributed by atoms with Crippen molar-refractivity contribution in [3.05, 3.63) is 65.0 Å². The maximum absolute atomic E-state index is 13.0. The van der Waals surface area contributed by atoms with Crippen molar-refractivity contribution in [1.82, 2.24) is 19.7 Å². The first-order valence-corrected chi connectivity index (χ1v) is 11.4. The number of benzene rings is 2. The van der Waals surface area contributed by atoms with Gasteiger partial charge in [0.05, 0.1) is 26.0 Å². The second-order valence-corrected chi connectivity index (χ2v) is 9.42. The number of anilines is 2. The Balaban J connectivity index is 1.40. The highest BCUT2D eigenvalue weighted by Gasteiger charge is 2.23. The van der Waals surface area contributed by atoms with Gasteiger partial charge in [0.2, 0.25) is 0 Å². The van der Waals surface area contributed by atoms with Crippen molar-refractivity contribution in [3.8, 4) is 0 Å². The minimum atomic E-state index is -0.493. The molecule has 0 fully saturated rings. The summed E-state index contributed by atoms with van der Waals surface area (Å²) in [7, 11) is 1.66. The number of hydrogen-bond acceptors (Lipinski definition) is 7. The first kappa shape index (κ1) is 20.3. The van der Waals surface area contributed by atoms with E-state index in [4.69, 9.17) is 0 Å². The van der Waals surface area contributed by atoms with E-state index in [2.05, 4.69) is 25.7 Å². The Bertz CT molecular complexity index is 1400. The number of para-hydroxylation sites is 2. The topological polar surface area (TPSA) is 102 Å². The third kappa shape index (κ3) is 3.63. The summed E-state index contributed by atoms with van der Waals surface area (Å²) in [5.41, 5.74) is 3.95. The van der Waals surface area contributed by atoms with Gasteiger partial charge in [0.25, 0.3) is 11.8 Å². The van der Waals surface area contributed by atoms with Crippen molar-refractivity contribution in [1.29, 1.82) is 0 Å². The summed E-state index contributed by atoms with van der Waals surface area (Å²) < 4.78 is 3.40. The molecule has 0 spiro atoms. The second-order valence-electron chi connectivity index (χ2n) is 7.35. The Kier molecular flexibility index (Phi) is 4.95. The summed E-state index contributed by atoms with van der Waals surface area (Å²) >= 11 is 2.76. The number of carbonyl (C=O) groups is 2. The molecule has 5 aromatic rings. The number of hydrogen-bond donors (Lipinski definition) is 2. The van der Waals surface area contributed by atoms with E-state index in [-0.39, 0.29) is 11.3 Å². The molecule has 8 nitrogen and oxygen atoms in total. The molecule has 2 amide bonds. The van der Waals surface area contributed by atoms with Crippen LogP contribution in [0.2, 0.25) is 0 Å². The van der Waals surface area contributed by atoms with Gasteiger partial charge in [-0.25, -0.2) is 9.97 Å². The largest absolute Gasteiger partial charge is 0.298 e. The molecule has 32 heavy (non-hydrogen) atoms. The molecule has 160 valence electrons. The zero-order valence-corrected chi connectivity index (χ0v) is 19.1. The predicted octanol–water partition coefficient (Wildman–Crippen LogP) is 4.76. The number of aryl methyl sites for hydroxylation is 3. The molecule has 10 heteroatoms. The molecule has 2 aromatic carbocycles. The van der Waals surface area contributed by atoms with Crippen molar-refractivity contribution in [3.63, 3.8) is 0 Å². The first-order valence-electron chi connectivity index (χ1n) is 9.77. The summed E-state index contributed by atoms with van der Waals surface area (Å²) in [6.07, 6.45) is 1.52. The molecule has 0 aliphatic rings. The van der Waals surface area contributed by atoms with Crippen molar-refractivity contribution in [2.24, 2.45) is 7.05 Å². The van der Waals surface area contributed by atoms with E-state index >= 15 is 0 Å². The van der Waals surface area contributed by atoms with Crippen LogP contribution >= 0.6 is 22.7 Å². The maximum Gasteiger partial charge on any atom is 0.278 e. The number of aromatic nitrogens is 4. The lowest BCUT2D eigenvalue weighted by Crippen LogP contribution is -2.19. The molecule has 0 aliphatic heterocycles. The van der Waals surface area contributed by atoms with Gasteiger partial charge in [-0.15, -0.1) is 0 Å². The monoisotopic (exact) mass is 462 g/mol.